The molecule has 1 amide bonds. The molecule has 1 aromatic heterocycles. The van der Waals surface area contributed by atoms with Crippen LogP contribution in [0.4, 0.5) is 0 Å². The number of aromatic nitrogens is 1. The highest BCUT2D eigenvalue weighted by Gasteiger charge is 2.28. The SMILES string of the molecule is NC(=O)C1CCCN1Cc1ccc(C(=O)O)cn1. The monoisotopic (exact) mass is 249 g/mol. The third-order valence-corrected chi connectivity index (χ3v) is 3.13. The first kappa shape index (κ1) is 12.5. The lowest BCUT2D eigenvalue weighted by molar-refractivity contribution is -0.122. The van der Waals surface area contributed by atoms with Gasteiger partial charge in [-0.1, -0.05) is 0 Å². The number of carbonyl (C=O) groups excluding carboxylic acids is 1. The van der Waals surface area contributed by atoms with Crippen LogP contribution in [0.5, 0.6) is 0 Å². The van der Waals surface area contributed by atoms with Gasteiger partial charge in [0.1, 0.15) is 0 Å². The Kier molecular flexibility index (Phi) is 3.57. The van der Waals surface area contributed by atoms with Gasteiger partial charge in [0, 0.05) is 12.7 Å². The largest absolute Gasteiger partial charge is 0.478 e. The Labute approximate surface area is 104 Å². The third-order valence-electron chi connectivity index (χ3n) is 3.13. The molecule has 0 spiro atoms. The van der Waals surface area contributed by atoms with Gasteiger partial charge in [0.15, 0.2) is 0 Å². The van der Waals surface area contributed by atoms with E-state index in [0.717, 1.165) is 25.1 Å². The minimum Gasteiger partial charge on any atom is -0.478 e. The molecular formula is C12H15N3O3. The van der Waals surface area contributed by atoms with Crippen LogP contribution in [0.2, 0.25) is 0 Å². The molecule has 1 unspecified atom stereocenters. The summed E-state index contributed by atoms with van der Waals surface area (Å²) in [6.07, 6.45) is 3.05. The number of carbonyl (C=O) groups is 2. The van der Waals surface area contributed by atoms with E-state index in [2.05, 4.69) is 4.98 Å². The maximum Gasteiger partial charge on any atom is 0.337 e. The van der Waals surface area contributed by atoms with Crippen LogP contribution < -0.4 is 5.73 Å². The zero-order chi connectivity index (χ0) is 13.1. The normalized spacial score (nSPS) is 19.9. The first-order valence-electron chi connectivity index (χ1n) is 5.79. The van der Waals surface area contributed by atoms with Crippen LogP contribution in [-0.4, -0.2) is 39.5 Å². The lowest BCUT2D eigenvalue weighted by Crippen LogP contribution is -2.39. The van der Waals surface area contributed by atoms with Crippen LogP contribution >= 0.6 is 0 Å². The van der Waals surface area contributed by atoms with Crippen molar-refractivity contribution in [2.75, 3.05) is 6.54 Å². The highest BCUT2D eigenvalue weighted by Crippen LogP contribution is 2.19. The van der Waals surface area contributed by atoms with Crippen LogP contribution in [0.25, 0.3) is 0 Å². The number of pyridine rings is 1. The molecule has 0 aromatic carbocycles. The van der Waals surface area contributed by atoms with Crippen LogP contribution in [-0.2, 0) is 11.3 Å². The molecule has 2 heterocycles. The highest BCUT2D eigenvalue weighted by atomic mass is 16.4. The van der Waals surface area contributed by atoms with E-state index in [9.17, 15) is 9.59 Å². The second kappa shape index (κ2) is 5.14. The van der Waals surface area contributed by atoms with Crippen molar-refractivity contribution in [2.24, 2.45) is 5.73 Å². The maximum absolute atomic E-state index is 11.2. The zero-order valence-electron chi connectivity index (χ0n) is 9.87. The Bertz CT molecular complexity index is 458. The van der Waals surface area contributed by atoms with Gasteiger partial charge in [-0.25, -0.2) is 4.79 Å². The van der Waals surface area contributed by atoms with Crippen molar-refractivity contribution >= 4 is 11.9 Å². The van der Waals surface area contributed by atoms with E-state index in [1.165, 1.54) is 12.3 Å². The number of carboxylic acid groups (broad SMARTS) is 1. The van der Waals surface area contributed by atoms with E-state index in [-0.39, 0.29) is 17.5 Å². The number of aromatic carboxylic acids is 1. The summed E-state index contributed by atoms with van der Waals surface area (Å²) in [5.74, 6) is -1.31. The van der Waals surface area contributed by atoms with Gasteiger partial charge in [0.05, 0.1) is 17.3 Å². The maximum atomic E-state index is 11.2. The molecule has 6 nitrogen and oxygen atoms in total. The van der Waals surface area contributed by atoms with Crippen molar-refractivity contribution in [3.63, 3.8) is 0 Å². The Balaban J connectivity index is 2.05. The summed E-state index contributed by atoms with van der Waals surface area (Å²) < 4.78 is 0. The molecule has 1 atom stereocenters. The minimum atomic E-state index is -0.995. The number of nitrogens with two attached hydrogens (primary N) is 1. The van der Waals surface area contributed by atoms with Crippen LogP contribution in [0.3, 0.4) is 0 Å². The summed E-state index contributed by atoms with van der Waals surface area (Å²) in [7, 11) is 0. The molecule has 0 aliphatic carbocycles. The van der Waals surface area contributed by atoms with E-state index >= 15 is 0 Å². The topological polar surface area (TPSA) is 96.5 Å². The number of primary amides is 1. The Morgan fingerprint density at radius 3 is 2.83 bits per heavy atom. The van der Waals surface area contributed by atoms with Gasteiger partial charge in [0.2, 0.25) is 5.91 Å². The van der Waals surface area contributed by atoms with Gasteiger partial charge in [-0.2, -0.15) is 0 Å². The average molecular weight is 249 g/mol. The molecule has 18 heavy (non-hydrogen) atoms. The molecule has 96 valence electrons. The van der Waals surface area contributed by atoms with Gasteiger partial charge in [-0.15, -0.1) is 0 Å². The second-order valence-corrected chi connectivity index (χ2v) is 4.37. The number of amides is 1. The van der Waals surface area contributed by atoms with Crippen molar-refractivity contribution in [1.29, 1.82) is 0 Å². The molecule has 1 fully saturated rings. The summed E-state index contributed by atoms with van der Waals surface area (Å²) in [6, 6.07) is 2.95. The number of hydrogen-bond acceptors (Lipinski definition) is 4. The van der Waals surface area contributed by atoms with E-state index in [0.29, 0.717) is 6.54 Å². The molecular weight excluding hydrogens is 234 g/mol. The smallest absolute Gasteiger partial charge is 0.337 e. The summed E-state index contributed by atoms with van der Waals surface area (Å²) >= 11 is 0. The molecule has 6 heteroatoms. The van der Waals surface area contributed by atoms with E-state index in [4.69, 9.17) is 10.8 Å². The van der Waals surface area contributed by atoms with E-state index in [1.807, 2.05) is 4.90 Å². The van der Waals surface area contributed by atoms with E-state index < -0.39 is 5.97 Å². The highest BCUT2D eigenvalue weighted by molar-refractivity contribution is 5.87. The number of carboxylic acids is 1. The number of nitrogens with zero attached hydrogens (tertiary/aromatic N) is 2. The van der Waals surface area contributed by atoms with Gasteiger partial charge in [-0.05, 0) is 31.5 Å². The van der Waals surface area contributed by atoms with Crippen molar-refractivity contribution < 1.29 is 14.7 Å². The molecule has 0 bridgehead atoms. The summed E-state index contributed by atoms with van der Waals surface area (Å²) in [5, 5.41) is 8.76. The molecule has 1 saturated heterocycles. The fourth-order valence-electron chi connectivity index (χ4n) is 2.19. The quantitative estimate of drug-likeness (QED) is 0.796. The predicted molar refractivity (Wildman–Crippen MR) is 63.8 cm³/mol. The summed E-state index contributed by atoms with van der Waals surface area (Å²) in [4.78, 5) is 28.0. The number of likely N-dealkylation sites (tertiary alicyclic amines) is 1. The van der Waals surface area contributed by atoms with Crippen LogP contribution in [0, 0.1) is 0 Å². The van der Waals surface area contributed by atoms with Crippen molar-refractivity contribution in [3.8, 4) is 0 Å². The molecule has 1 aromatic rings. The first-order chi connectivity index (χ1) is 8.58. The summed E-state index contributed by atoms with van der Waals surface area (Å²) in [6.45, 7) is 1.34. The van der Waals surface area contributed by atoms with Crippen molar-refractivity contribution in [1.82, 2.24) is 9.88 Å². The molecule has 0 radical (unpaired) electrons. The Hall–Kier alpha value is -1.95. The molecule has 1 aliphatic heterocycles. The van der Waals surface area contributed by atoms with Crippen LogP contribution in [0.15, 0.2) is 18.3 Å². The number of hydrogen-bond donors (Lipinski definition) is 2. The molecule has 2 rings (SSSR count). The van der Waals surface area contributed by atoms with Gasteiger partial charge < -0.3 is 10.8 Å². The van der Waals surface area contributed by atoms with Gasteiger partial charge >= 0.3 is 5.97 Å². The zero-order valence-corrected chi connectivity index (χ0v) is 9.87. The first-order valence-corrected chi connectivity index (χ1v) is 5.79. The fraction of sp³-hybridized carbons (Fsp3) is 0.417. The molecule has 3 N–H and O–H groups in total. The Morgan fingerprint density at radius 2 is 2.28 bits per heavy atom. The van der Waals surface area contributed by atoms with Crippen molar-refractivity contribution in [3.05, 3.63) is 29.6 Å². The lowest BCUT2D eigenvalue weighted by Gasteiger charge is -2.21. The Morgan fingerprint density at radius 1 is 1.50 bits per heavy atom. The average Bonchev–Trinajstić information content (AvgIpc) is 2.78. The molecule has 0 saturated carbocycles. The summed E-state index contributed by atoms with van der Waals surface area (Å²) in [5.41, 5.74) is 6.23. The standard InChI is InChI=1S/C12H15N3O3/c13-11(16)10-2-1-5-15(10)7-9-4-3-8(6-14-9)12(17)18/h3-4,6,10H,1-2,5,7H2,(H2,13,16)(H,17,18). The number of rotatable bonds is 4. The molecule has 1 aliphatic rings. The lowest BCUT2D eigenvalue weighted by atomic mass is 10.2. The minimum absolute atomic E-state index is 0.159. The van der Waals surface area contributed by atoms with Gasteiger partial charge in [-0.3, -0.25) is 14.7 Å². The van der Waals surface area contributed by atoms with Crippen LogP contribution in [0.1, 0.15) is 28.9 Å². The third kappa shape index (κ3) is 2.65. The second-order valence-electron chi connectivity index (χ2n) is 4.37. The predicted octanol–water partition coefficient (Wildman–Crippen LogP) is 0.229. The van der Waals surface area contributed by atoms with Crippen molar-refractivity contribution in [2.45, 2.75) is 25.4 Å². The fourth-order valence-corrected chi connectivity index (χ4v) is 2.19. The van der Waals surface area contributed by atoms with E-state index in [1.54, 1.807) is 6.07 Å². The van der Waals surface area contributed by atoms with Gasteiger partial charge in [0.25, 0.3) is 0 Å².